The molecular formula is C16H14I2N2O3. The molecule has 0 saturated carbocycles. The number of ether oxygens (including phenoxy) is 1. The molecular weight excluding hydrogens is 522 g/mol. The summed E-state index contributed by atoms with van der Waals surface area (Å²) in [6.07, 6.45) is 0. The number of hydrogen-bond donors (Lipinski definition) is 2. The summed E-state index contributed by atoms with van der Waals surface area (Å²) >= 11 is 4.25. The van der Waals surface area contributed by atoms with Crippen molar-refractivity contribution >= 4 is 57.0 Å². The highest BCUT2D eigenvalue weighted by atomic mass is 127. The number of amides is 2. The average molecular weight is 536 g/mol. The van der Waals surface area contributed by atoms with Crippen molar-refractivity contribution in [2.24, 2.45) is 0 Å². The first kappa shape index (κ1) is 18.0. The highest BCUT2D eigenvalue weighted by Gasteiger charge is 2.11. The third kappa shape index (κ3) is 4.56. The van der Waals surface area contributed by atoms with Crippen molar-refractivity contribution in [3.63, 3.8) is 0 Å². The Kier molecular flexibility index (Phi) is 6.22. The minimum absolute atomic E-state index is 0.362. The zero-order valence-corrected chi connectivity index (χ0v) is 16.8. The number of hydrogen-bond acceptors (Lipinski definition) is 3. The summed E-state index contributed by atoms with van der Waals surface area (Å²) in [4.78, 5) is 24.1. The molecule has 2 rings (SSSR count). The SMILES string of the molecule is COc1ccc(C(=O)NNC(=O)c2ccc(C)c(I)c2)cc1I. The third-order valence-corrected chi connectivity index (χ3v) is 5.14. The van der Waals surface area contributed by atoms with E-state index in [1.165, 1.54) is 0 Å². The van der Waals surface area contributed by atoms with Crippen LogP contribution in [0.15, 0.2) is 36.4 Å². The van der Waals surface area contributed by atoms with Crippen LogP contribution in [-0.4, -0.2) is 18.9 Å². The van der Waals surface area contributed by atoms with E-state index in [4.69, 9.17) is 4.74 Å². The van der Waals surface area contributed by atoms with Gasteiger partial charge in [0.1, 0.15) is 5.75 Å². The lowest BCUT2D eigenvalue weighted by molar-refractivity contribution is 0.0846. The van der Waals surface area contributed by atoms with Gasteiger partial charge in [0, 0.05) is 14.7 Å². The first-order valence-corrected chi connectivity index (χ1v) is 8.78. The Balaban J connectivity index is 2.02. The van der Waals surface area contributed by atoms with Crippen molar-refractivity contribution in [3.05, 3.63) is 60.2 Å². The summed E-state index contributed by atoms with van der Waals surface area (Å²) in [6.45, 7) is 1.97. The lowest BCUT2D eigenvalue weighted by atomic mass is 10.1. The Bertz CT molecular complexity index is 763. The molecule has 120 valence electrons. The Labute approximate surface area is 161 Å². The van der Waals surface area contributed by atoms with Crippen molar-refractivity contribution in [1.82, 2.24) is 10.9 Å². The second kappa shape index (κ2) is 7.95. The topological polar surface area (TPSA) is 67.4 Å². The molecule has 2 aromatic carbocycles. The first-order chi connectivity index (χ1) is 10.9. The predicted molar refractivity (Wildman–Crippen MR) is 105 cm³/mol. The van der Waals surface area contributed by atoms with E-state index in [9.17, 15) is 9.59 Å². The van der Waals surface area contributed by atoms with E-state index in [2.05, 4.69) is 56.0 Å². The normalized spacial score (nSPS) is 10.1. The largest absolute Gasteiger partial charge is 0.496 e. The minimum atomic E-state index is -0.388. The number of carbonyl (C=O) groups excluding carboxylic acids is 2. The molecule has 2 amide bonds. The second-order valence-corrected chi connectivity index (χ2v) is 7.05. The van der Waals surface area contributed by atoms with Crippen molar-refractivity contribution in [2.45, 2.75) is 6.92 Å². The van der Waals surface area contributed by atoms with E-state index < -0.39 is 0 Å². The van der Waals surface area contributed by atoms with Gasteiger partial charge in [0.05, 0.1) is 10.7 Å². The molecule has 0 heterocycles. The van der Waals surface area contributed by atoms with Crippen molar-refractivity contribution in [3.8, 4) is 5.75 Å². The maximum absolute atomic E-state index is 12.1. The fourth-order valence-electron chi connectivity index (χ4n) is 1.80. The Morgan fingerprint density at radius 2 is 1.43 bits per heavy atom. The van der Waals surface area contributed by atoms with Crippen LogP contribution in [0.3, 0.4) is 0 Å². The second-order valence-electron chi connectivity index (χ2n) is 4.72. The summed E-state index contributed by atoms with van der Waals surface area (Å²) in [6, 6.07) is 10.4. The fraction of sp³-hybridized carbons (Fsp3) is 0.125. The molecule has 2 aromatic rings. The van der Waals surface area contributed by atoms with E-state index in [1.54, 1.807) is 37.4 Å². The zero-order chi connectivity index (χ0) is 17.0. The number of carbonyl (C=O) groups is 2. The number of aryl methyl sites for hydroxylation is 1. The lowest BCUT2D eigenvalue weighted by Gasteiger charge is -2.09. The number of halogens is 2. The highest BCUT2D eigenvalue weighted by Crippen LogP contribution is 2.21. The van der Waals surface area contributed by atoms with Crippen LogP contribution in [0.1, 0.15) is 26.3 Å². The van der Waals surface area contributed by atoms with Gasteiger partial charge in [-0.3, -0.25) is 20.4 Å². The minimum Gasteiger partial charge on any atom is -0.496 e. The maximum atomic E-state index is 12.1. The molecule has 0 aliphatic carbocycles. The van der Waals surface area contributed by atoms with Gasteiger partial charge in [-0.25, -0.2) is 0 Å². The van der Waals surface area contributed by atoms with Gasteiger partial charge in [0.25, 0.3) is 11.8 Å². The maximum Gasteiger partial charge on any atom is 0.269 e. The van der Waals surface area contributed by atoms with Crippen LogP contribution in [0.2, 0.25) is 0 Å². The van der Waals surface area contributed by atoms with Crippen LogP contribution in [-0.2, 0) is 0 Å². The standard InChI is InChI=1S/C16H14I2N2O3/c1-9-3-4-10(7-12(9)17)15(21)19-20-16(22)11-5-6-14(23-2)13(18)8-11/h3-8H,1-2H3,(H,19,21)(H,20,22). The molecule has 0 spiro atoms. The quantitative estimate of drug-likeness (QED) is 0.468. The van der Waals surface area contributed by atoms with Crippen LogP contribution in [0.5, 0.6) is 5.75 Å². The Morgan fingerprint density at radius 3 is 1.91 bits per heavy atom. The molecule has 0 aromatic heterocycles. The molecule has 0 atom stereocenters. The summed E-state index contributed by atoms with van der Waals surface area (Å²) in [5.41, 5.74) is 6.85. The van der Waals surface area contributed by atoms with E-state index in [-0.39, 0.29) is 11.8 Å². The van der Waals surface area contributed by atoms with Crippen LogP contribution in [0, 0.1) is 14.1 Å². The Morgan fingerprint density at radius 1 is 0.913 bits per heavy atom. The van der Waals surface area contributed by atoms with E-state index in [1.807, 2.05) is 13.0 Å². The molecule has 7 heteroatoms. The van der Waals surface area contributed by atoms with Gasteiger partial charge in [-0.05, 0) is 88.0 Å². The van der Waals surface area contributed by atoms with Crippen molar-refractivity contribution in [2.75, 3.05) is 7.11 Å². The van der Waals surface area contributed by atoms with E-state index in [0.717, 1.165) is 12.7 Å². The molecule has 0 aliphatic rings. The van der Waals surface area contributed by atoms with Gasteiger partial charge in [0.15, 0.2) is 0 Å². The van der Waals surface area contributed by atoms with Gasteiger partial charge in [-0.2, -0.15) is 0 Å². The number of benzene rings is 2. The molecule has 2 N–H and O–H groups in total. The molecule has 0 bridgehead atoms. The van der Waals surface area contributed by atoms with Crippen molar-refractivity contribution in [1.29, 1.82) is 0 Å². The number of hydrazine groups is 1. The molecule has 0 fully saturated rings. The first-order valence-electron chi connectivity index (χ1n) is 6.62. The van der Waals surface area contributed by atoms with Crippen LogP contribution >= 0.6 is 45.2 Å². The summed E-state index contributed by atoms with van der Waals surface area (Å²) < 4.78 is 6.96. The van der Waals surface area contributed by atoms with Gasteiger partial charge in [-0.15, -0.1) is 0 Å². The van der Waals surface area contributed by atoms with Gasteiger partial charge < -0.3 is 4.74 Å². The zero-order valence-electron chi connectivity index (χ0n) is 12.4. The van der Waals surface area contributed by atoms with Gasteiger partial charge in [0.2, 0.25) is 0 Å². The van der Waals surface area contributed by atoms with Gasteiger partial charge >= 0.3 is 0 Å². The monoisotopic (exact) mass is 536 g/mol. The van der Waals surface area contributed by atoms with Crippen LogP contribution in [0.4, 0.5) is 0 Å². The number of methoxy groups -OCH3 is 1. The summed E-state index contributed by atoms with van der Waals surface area (Å²) in [5, 5.41) is 0. The fourth-order valence-corrected chi connectivity index (χ4v) is 3.05. The number of nitrogens with one attached hydrogen (secondary N) is 2. The molecule has 0 unspecified atom stereocenters. The van der Waals surface area contributed by atoms with Crippen molar-refractivity contribution < 1.29 is 14.3 Å². The molecule has 23 heavy (non-hydrogen) atoms. The van der Waals surface area contributed by atoms with E-state index in [0.29, 0.717) is 16.9 Å². The third-order valence-electron chi connectivity index (χ3n) is 3.14. The average Bonchev–Trinajstić information content (AvgIpc) is 2.54. The Hall–Kier alpha value is -1.36. The number of rotatable bonds is 3. The van der Waals surface area contributed by atoms with Crippen LogP contribution < -0.4 is 15.6 Å². The molecule has 0 radical (unpaired) electrons. The molecule has 5 nitrogen and oxygen atoms in total. The van der Waals surface area contributed by atoms with Crippen LogP contribution in [0.25, 0.3) is 0 Å². The van der Waals surface area contributed by atoms with E-state index >= 15 is 0 Å². The molecule has 0 saturated heterocycles. The highest BCUT2D eigenvalue weighted by molar-refractivity contribution is 14.1. The molecule has 0 aliphatic heterocycles. The lowest BCUT2D eigenvalue weighted by Crippen LogP contribution is -2.41. The predicted octanol–water partition coefficient (Wildman–Crippen LogP) is 3.29. The summed E-state index contributed by atoms with van der Waals surface area (Å²) in [7, 11) is 1.57. The van der Waals surface area contributed by atoms with Gasteiger partial charge in [-0.1, -0.05) is 6.07 Å². The smallest absolute Gasteiger partial charge is 0.269 e. The summed E-state index contributed by atoms with van der Waals surface area (Å²) in [5.74, 6) is -0.0550.